The average molecular weight is 321 g/mol. The minimum Gasteiger partial charge on any atom is -0.494 e. The van der Waals surface area contributed by atoms with E-state index < -0.39 is 0 Å². The molecule has 0 unspecified atom stereocenters. The number of benzene rings is 2. The van der Waals surface area contributed by atoms with Crippen molar-refractivity contribution in [1.82, 2.24) is 0 Å². The van der Waals surface area contributed by atoms with E-state index in [1.54, 1.807) is 13.2 Å². The lowest BCUT2D eigenvalue weighted by Crippen LogP contribution is -2.24. The van der Waals surface area contributed by atoms with Gasteiger partial charge in [0.1, 0.15) is 5.75 Å². The van der Waals surface area contributed by atoms with Crippen molar-refractivity contribution in [2.45, 2.75) is 4.90 Å². The summed E-state index contributed by atoms with van der Waals surface area (Å²) in [5.74, 6) is 1.30. The van der Waals surface area contributed by atoms with Crippen molar-refractivity contribution in [1.29, 1.82) is 0 Å². The highest BCUT2D eigenvalue weighted by molar-refractivity contribution is 7.98. The molecule has 1 heterocycles. The first-order valence-corrected chi connectivity index (χ1v) is 7.33. The number of rotatable bonds is 2. The number of ether oxygens (including phenoxy) is 1. The lowest BCUT2D eigenvalue weighted by atomic mass is 10.2. The fourth-order valence-electron chi connectivity index (χ4n) is 1.91. The van der Waals surface area contributed by atoms with Crippen LogP contribution in [-0.4, -0.2) is 13.1 Å². The van der Waals surface area contributed by atoms with Gasteiger partial charge in [-0.25, -0.2) is 0 Å². The van der Waals surface area contributed by atoms with Gasteiger partial charge < -0.3 is 21.1 Å². The van der Waals surface area contributed by atoms with Gasteiger partial charge in [0, 0.05) is 34.4 Å². The van der Waals surface area contributed by atoms with Crippen LogP contribution in [0.1, 0.15) is 0 Å². The fraction of sp³-hybridized carbons (Fsp3) is 0.0714. The van der Waals surface area contributed by atoms with E-state index in [4.69, 9.17) is 22.1 Å². The highest BCUT2D eigenvalue weighted by atomic mass is 35.5. The van der Waals surface area contributed by atoms with E-state index >= 15 is 0 Å². The molecule has 0 atom stereocenters. The molecule has 1 aliphatic rings. The molecule has 0 amide bonds. The van der Waals surface area contributed by atoms with Gasteiger partial charge in [0.2, 0.25) is 5.96 Å². The second-order valence-corrected chi connectivity index (χ2v) is 5.63. The maximum atomic E-state index is 6.04. The molecule has 3 rings (SSSR count). The van der Waals surface area contributed by atoms with Crippen LogP contribution in [-0.2, 0) is 0 Å². The van der Waals surface area contributed by atoms with Crippen molar-refractivity contribution in [3.63, 3.8) is 0 Å². The summed E-state index contributed by atoms with van der Waals surface area (Å²) in [6.07, 6.45) is 0. The lowest BCUT2D eigenvalue weighted by molar-refractivity contribution is 0.416. The first-order chi connectivity index (χ1) is 10.2. The minimum atomic E-state index is 0.616. The van der Waals surface area contributed by atoms with E-state index in [-0.39, 0.29) is 0 Å². The van der Waals surface area contributed by atoms with Crippen molar-refractivity contribution in [2.75, 3.05) is 23.5 Å². The largest absolute Gasteiger partial charge is 0.494 e. The SMILES string of the molecule is COc1cc(Cl)cc2c1NC(Nc1ccc(N)cc1)=NS2. The van der Waals surface area contributed by atoms with Gasteiger partial charge in [-0.2, -0.15) is 4.40 Å². The molecular formula is C14H13ClN4OS. The molecule has 108 valence electrons. The highest BCUT2D eigenvalue weighted by Gasteiger charge is 2.18. The van der Waals surface area contributed by atoms with Gasteiger partial charge in [-0.1, -0.05) is 11.6 Å². The summed E-state index contributed by atoms with van der Waals surface area (Å²) in [5, 5.41) is 7.01. The Labute approximate surface area is 131 Å². The van der Waals surface area contributed by atoms with Crippen LogP contribution in [0.2, 0.25) is 5.02 Å². The molecule has 21 heavy (non-hydrogen) atoms. The molecule has 5 nitrogen and oxygen atoms in total. The third-order valence-electron chi connectivity index (χ3n) is 2.90. The van der Waals surface area contributed by atoms with E-state index in [9.17, 15) is 0 Å². The number of methoxy groups -OCH3 is 1. The smallest absolute Gasteiger partial charge is 0.212 e. The summed E-state index contributed by atoms with van der Waals surface area (Å²) in [5.41, 5.74) is 8.13. The Morgan fingerprint density at radius 3 is 2.76 bits per heavy atom. The number of guanidine groups is 1. The standard InChI is InChI=1S/C14H13ClN4OS/c1-20-11-6-8(15)7-12-13(11)18-14(19-21-12)17-10-4-2-9(16)3-5-10/h2-7H,16H2,1H3,(H2,17,18,19). The Hall–Kier alpha value is -2.05. The Balaban J connectivity index is 1.83. The summed E-state index contributed by atoms with van der Waals surface area (Å²) >= 11 is 7.38. The molecule has 0 saturated heterocycles. The lowest BCUT2D eigenvalue weighted by Gasteiger charge is -2.21. The molecular weight excluding hydrogens is 308 g/mol. The molecule has 2 aromatic rings. The number of hydrogen-bond donors (Lipinski definition) is 3. The van der Waals surface area contributed by atoms with Crippen molar-refractivity contribution in [3.05, 3.63) is 41.4 Å². The van der Waals surface area contributed by atoms with Gasteiger partial charge in [-0.05, 0) is 30.3 Å². The highest BCUT2D eigenvalue weighted by Crippen LogP contribution is 2.41. The predicted octanol–water partition coefficient (Wildman–Crippen LogP) is 3.83. The Kier molecular flexibility index (Phi) is 3.81. The molecule has 0 aliphatic carbocycles. The van der Waals surface area contributed by atoms with Gasteiger partial charge >= 0.3 is 0 Å². The zero-order valence-corrected chi connectivity index (χ0v) is 12.8. The van der Waals surface area contributed by atoms with Gasteiger partial charge in [-0.3, -0.25) is 0 Å². The maximum Gasteiger partial charge on any atom is 0.212 e. The number of fused-ring (bicyclic) bond motifs is 1. The summed E-state index contributed by atoms with van der Waals surface area (Å²) in [6.45, 7) is 0. The number of anilines is 3. The van der Waals surface area contributed by atoms with E-state index in [0.29, 0.717) is 16.7 Å². The van der Waals surface area contributed by atoms with Crippen LogP contribution in [0.15, 0.2) is 45.7 Å². The molecule has 0 fully saturated rings. The van der Waals surface area contributed by atoms with Crippen molar-refractivity contribution in [3.8, 4) is 5.75 Å². The van der Waals surface area contributed by atoms with Crippen LogP contribution in [0, 0.1) is 0 Å². The minimum absolute atomic E-state index is 0.616. The summed E-state index contributed by atoms with van der Waals surface area (Å²) in [4.78, 5) is 0.919. The first-order valence-electron chi connectivity index (χ1n) is 6.18. The predicted molar refractivity (Wildman–Crippen MR) is 89.4 cm³/mol. The topological polar surface area (TPSA) is 71.7 Å². The van der Waals surface area contributed by atoms with Gasteiger partial charge in [0.15, 0.2) is 0 Å². The molecule has 0 spiro atoms. The monoisotopic (exact) mass is 320 g/mol. The quantitative estimate of drug-likeness (QED) is 0.579. The third kappa shape index (κ3) is 3.01. The van der Waals surface area contributed by atoms with Crippen LogP contribution in [0.5, 0.6) is 5.75 Å². The number of nitrogen functional groups attached to an aromatic ring is 1. The first kappa shape index (κ1) is 13.9. The third-order valence-corrected chi connectivity index (χ3v) is 3.91. The van der Waals surface area contributed by atoms with Crippen LogP contribution < -0.4 is 21.1 Å². The zero-order chi connectivity index (χ0) is 14.8. The van der Waals surface area contributed by atoms with E-state index in [0.717, 1.165) is 22.0 Å². The van der Waals surface area contributed by atoms with E-state index in [1.165, 1.54) is 11.9 Å². The summed E-state index contributed by atoms with van der Waals surface area (Å²) < 4.78 is 9.72. The Morgan fingerprint density at radius 1 is 1.29 bits per heavy atom. The summed E-state index contributed by atoms with van der Waals surface area (Å²) in [6, 6.07) is 11.0. The molecule has 7 heteroatoms. The zero-order valence-electron chi connectivity index (χ0n) is 11.2. The number of nitrogens with zero attached hydrogens (tertiary/aromatic N) is 1. The maximum absolute atomic E-state index is 6.04. The van der Waals surface area contributed by atoms with Gasteiger partial charge in [0.25, 0.3) is 0 Å². The van der Waals surface area contributed by atoms with Gasteiger partial charge in [-0.15, -0.1) is 0 Å². The van der Waals surface area contributed by atoms with Crippen LogP contribution in [0.4, 0.5) is 17.1 Å². The normalized spacial score (nSPS) is 13.0. The molecule has 1 aliphatic heterocycles. The molecule has 4 N–H and O–H groups in total. The molecule has 0 bridgehead atoms. The second kappa shape index (κ2) is 5.75. The molecule has 0 saturated carbocycles. The molecule has 0 aromatic heterocycles. The number of nitrogens with one attached hydrogen (secondary N) is 2. The van der Waals surface area contributed by atoms with E-state index in [1.807, 2.05) is 30.3 Å². The van der Waals surface area contributed by atoms with Gasteiger partial charge in [0.05, 0.1) is 17.7 Å². The van der Waals surface area contributed by atoms with Crippen molar-refractivity contribution in [2.24, 2.45) is 4.40 Å². The summed E-state index contributed by atoms with van der Waals surface area (Å²) in [7, 11) is 1.61. The van der Waals surface area contributed by atoms with Crippen molar-refractivity contribution < 1.29 is 4.74 Å². The number of halogens is 1. The van der Waals surface area contributed by atoms with Crippen LogP contribution >= 0.6 is 23.5 Å². The molecule has 0 radical (unpaired) electrons. The number of nitrogens with two attached hydrogens (primary N) is 1. The fourth-order valence-corrected chi connectivity index (χ4v) is 2.88. The van der Waals surface area contributed by atoms with Crippen LogP contribution in [0.25, 0.3) is 0 Å². The average Bonchev–Trinajstić information content (AvgIpc) is 2.49. The van der Waals surface area contributed by atoms with Crippen molar-refractivity contribution >= 4 is 46.6 Å². The Bertz CT molecular complexity index is 703. The van der Waals surface area contributed by atoms with E-state index in [2.05, 4.69) is 15.0 Å². The number of hydrogen-bond acceptors (Lipinski definition) is 6. The molecule has 2 aromatic carbocycles. The second-order valence-electron chi connectivity index (χ2n) is 4.38. The Morgan fingerprint density at radius 2 is 2.05 bits per heavy atom. The van der Waals surface area contributed by atoms with Crippen LogP contribution in [0.3, 0.4) is 0 Å².